The Kier molecular flexibility index (Phi) is 6.36. The van der Waals surface area contributed by atoms with Crippen molar-refractivity contribution < 1.29 is 14.0 Å². The summed E-state index contributed by atoms with van der Waals surface area (Å²) >= 11 is 0. The van der Waals surface area contributed by atoms with Gasteiger partial charge in [0.2, 0.25) is 0 Å². The van der Waals surface area contributed by atoms with Gasteiger partial charge in [-0.3, -0.25) is 4.79 Å². The van der Waals surface area contributed by atoms with E-state index in [4.69, 9.17) is 0 Å². The van der Waals surface area contributed by atoms with E-state index in [1.165, 1.54) is 18.2 Å². The van der Waals surface area contributed by atoms with Gasteiger partial charge in [0.15, 0.2) is 0 Å². The molecule has 3 aromatic rings. The maximum atomic E-state index is 13.2. The molecule has 3 N–H and O–H groups in total. The van der Waals surface area contributed by atoms with Gasteiger partial charge < -0.3 is 16.0 Å². The number of benzene rings is 3. The van der Waals surface area contributed by atoms with Gasteiger partial charge in [0.05, 0.1) is 0 Å². The summed E-state index contributed by atoms with van der Waals surface area (Å²) in [5.41, 5.74) is 2.34. The number of carbonyl (C=O) groups is 2. The molecule has 0 fully saturated rings. The summed E-state index contributed by atoms with van der Waals surface area (Å²) < 4.78 is 13.2. The lowest BCUT2D eigenvalue weighted by Crippen LogP contribution is -2.30. The van der Waals surface area contributed by atoms with Crippen molar-refractivity contribution in [2.45, 2.75) is 6.42 Å². The number of halogens is 1. The second kappa shape index (κ2) is 9.32. The van der Waals surface area contributed by atoms with Crippen LogP contribution in [0, 0.1) is 5.82 Å². The Morgan fingerprint density at radius 3 is 2.25 bits per heavy atom. The quantitative estimate of drug-likeness (QED) is 0.594. The third-order valence-electron chi connectivity index (χ3n) is 4.01. The van der Waals surface area contributed by atoms with Gasteiger partial charge in [-0.1, -0.05) is 42.5 Å². The first-order valence-corrected chi connectivity index (χ1v) is 8.86. The standard InChI is InChI=1S/C22H20FN3O2/c23-18-9-5-11-20(15-18)25-21(27)17-8-4-10-19(14-17)26-22(28)24-13-12-16-6-2-1-3-7-16/h1-11,14-15H,12-13H2,(H,25,27)(H2,24,26,28). The number of rotatable bonds is 6. The van der Waals surface area contributed by atoms with Crippen molar-refractivity contribution in [2.75, 3.05) is 17.2 Å². The average Bonchev–Trinajstić information content (AvgIpc) is 2.69. The topological polar surface area (TPSA) is 70.2 Å². The molecule has 0 aliphatic rings. The summed E-state index contributed by atoms with van der Waals surface area (Å²) in [6.45, 7) is 0.496. The monoisotopic (exact) mass is 377 g/mol. The lowest BCUT2D eigenvalue weighted by atomic mass is 10.1. The molecule has 3 aromatic carbocycles. The van der Waals surface area contributed by atoms with Crippen molar-refractivity contribution in [3.8, 4) is 0 Å². The number of amides is 3. The fourth-order valence-corrected chi connectivity index (χ4v) is 2.65. The molecular weight excluding hydrogens is 357 g/mol. The third kappa shape index (κ3) is 5.67. The maximum absolute atomic E-state index is 13.2. The zero-order chi connectivity index (χ0) is 19.8. The van der Waals surface area contributed by atoms with E-state index in [1.54, 1.807) is 30.3 Å². The number of nitrogens with one attached hydrogen (secondary N) is 3. The Balaban J connectivity index is 1.53. The third-order valence-corrected chi connectivity index (χ3v) is 4.01. The van der Waals surface area contributed by atoms with Gasteiger partial charge in [0, 0.05) is 23.5 Å². The van der Waals surface area contributed by atoms with Crippen molar-refractivity contribution in [3.63, 3.8) is 0 Å². The first-order valence-electron chi connectivity index (χ1n) is 8.86. The van der Waals surface area contributed by atoms with E-state index < -0.39 is 11.7 Å². The molecule has 0 heterocycles. The molecule has 0 bridgehead atoms. The highest BCUT2D eigenvalue weighted by Gasteiger charge is 2.09. The highest BCUT2D eigenvalue weighted by Crippen LogP contribution is 2.14. The Labute approximate surface area is 162 Å². The minimum absolute atomic E-state index is 0.349. The van der Waals surface area contributed by atoms with Crippen molar-refractivity contribution >= 4 is 23.3 Å². The fourth-order valence-electron chi connectivity index (χ4n) is 2.65. The van der Waals surface area contributed by atoms with Gasteiger partial charge in [-0.05, 0) is 48.4 Å². The summed E-state index contributed by atoms with van der Waals surface area (Å²) in [4.78, 5) is 24.4. The molecule has 0 unspecified atom stereocenters. The van der Waals surface area contributed by atoms with Crippen LogP contribution in [-0.4, -0.2) is 18.5 Å². The Hall–Kier alpha value is -3.67. The van der Waals surface area contributed by atoms with Gasteiger partial charge in [0.25, 0.3) is 5.91 Å². The van der Waals surface area contributed by atoms with E-state index in [1.807, 2.05) is 30.3 Å². The molecule has 3 amide bonds. The van der Waals surface area contributed by atoms with Crippen LogP contribution >= 0.6 is 0 Å². The maximum Gasteiger partial charge on any atom is 0.319 e. The number of carbonyl (C=O) groups excluding carboxylic acids is 2. The lowest BCUT2D eigenvalue weighted by molar-refractivity contribution is 0.102. The van der Waals surface area contributed by atoms with E-state index in [0.29, 0.717) is 23.5 Å². The second-order valence-corrected chi connectivity index (χ2v) is 6.16. The van der Waals surface area contributed by atoms with Gasteiger partial charge >= 0.3 is 6.03 Å². The normalized spacial score (nSPS) is 10.2. The van der Waals surface area contributed by atoms with Crippen LogP contribution in [0.5, 0.6) is 0 Å². The fraction of sp³-hybridized carbons (Fsp3) is 0.0909. The average molecular weight is 377 g/mol. The van der Waals surface area contributed by atoms with Gasteiger partial charge in [-0.15, -0.1) is 0 Å². The van der Waals surface area contributed by atoms with Crippen LogP contribution in [0.1, 0.15) is 15.9 Å². The molecule has 28 heavy (non-hydrogen) atoms. The van der Waals surface area contributed by atoms with Gasteiger partial charge in [-0.2, -0.15) is 0 Å². The molecule has 3 rings (SSSR count). The molecule has 0 spiro atoms. The van der Waals surface area contributed by atoms with Crippen LogP contribution in [0.15, 0.2) is 78.9 Å². The second-order valence-electron chi connectivity index (χ2n) is 6.16. The van der Waals surface area contributed by atoms with Crippen LogP contribution in [0.3, 0.4) is 0 Å². The zero-order valence-corrected chi connectivity index (χ0v) is 15.1. The predicted molar refractivity (Wildman–Crippen MR) is 108 cm³/mol. The summed E-state index contributed by atoms with van der Waals surface area (Å²) in [6, 6.07) is 21.7. The molecule has 5 nitrogen and oxygen atoms in total. The highest BCUT2D eigenvalue weighted by molar-refractivity contribution is 6.05. The molecule has 0 radical (unpaired) electrons. The van der Waals surface area contributed by atoms with Crippen molar-refractivity contribution in [1.82, 2.24) is 5.32 Å². The van der Waals surface area contributed by atoms with Crippen LogP contribution in [0.2, 0.25) is 0 Å². The Morgan fingerprint density at radius 1 is 0.786 bits per heavy atom. The molecular formula is C22H20FN3O2. The molecule has 0 atom stereocenters. The van der Waals surface area contributed by atoms with Crippen LogP contribution in [0.4, 0.5) is 20.6 Å². The number of anilines is 2. The van der Waals surface area contributed by atoms with Crippen molar-refractivity contribution in [2.24, 2.45) is 0 Å². The Morgan fingerprint density at radius 2 is 1.50 bits per heavy atom. The summed E-state index contributed by atoms with van der Waals surface area (Å²) in [5, 5.41) is 8.11. The SMILES string of the molecule is O=C(NCCc1ccccc1)Nc1cccc(C(=O)Nc2cccc(F)c2)c1. The predicted octanol–water partition coefficient (Wildman–Crippen LogP) is 4.44. The van der Waals surface area contributed by atoms with E-state index >= 15 is 0 Å². The first-order chi connectivity index (χ1) is 13.6. The Bertz CT molecular complexity index is 961. The smallest absolute Gasteiger partial charge is 0.319 e. The lowest BCUT2D eigenvalue weighted by Gasteiger charge is -2.10. The van der Waals surface area contributed by atoms with E-state index in [-0.39, 0.29) is 6.03 Å². The van der Waals surface area contributed by atoms with E-state index in [0.717, 1.165) is 12.0 Å². The van der Waals surface area contributed by atoms with Crippen LogP contribution in [0.25, 0.3) is 0 Å². The summed E-state index contributed by atoms with van der Waals surface area (Å²) in [7, 11) is 0. The molecule has 0 saturated heterocycles. The van der Waals surface area contributed by atoms with E-state index in [9.17, 15) is 14.0 Å². The molecule has 0 aliphatic heterocycles. The minimum atomic E-state index is -0.430. The molecule has 0 aliphatic carbocycles. The molecule has 0 saturated carbocycles. The van der Waals surface area contributed by atoms with Gasteiger partial charge in [-0.25, -0.2) is 9.18 Å². The van der Waals surface area contributed by atoms with Crippen LogP contribution in [-0.2, 0) is 6.42 Å². The zero-order valence-electron chi connectivity index (χ0n) is 15.1. The van der Waals surface area contributed by atoms with Crippen molar-refractivity contribution in [1.29, 1.82) is 0 Å². The number of hydrogen-bond acceptors (Lipinski definition) is 2. The number of urea groups is 1. The minimum Gasteiger partial charge on any atom is -0.338 e. The van der Waals surface area contributed by atoms with E-state index in [2.05, 4.69) is 16.0 Å². The summed E-state index contributed by atoms with van der Waals surface area (Å²) in [5.74, 6) is -0.820. The summed E-state index contributed by atoms with van der Waals surface area (Å²) in [6.07, 6.45) is 0.727. The molecule has 142 valence electrons. The molecule has 6 heteroatoms. The largest absolute Gasteiger partial charge is 0.338 e. The molecule has 0 aromatic heterocycles. The van der Waals surface area contributed by atoms with Crippen LogP contribution < -0.4 is 16.0 Å². The first kappa shape index (κ1) is 19.1. The highest BCUT2D eigenvalue weighted by atomic mass is 19.1. The van der Waals surface area contributed by atoms with Gasteiger partial charge in [0.1, 0.15) is 5.82 Å². The van der Waals surface area contributed by atoms with Crippen molar-refractivity contribution in [3.05, 3.63) is 95.8 Å². The number of hydrogen-bond donors (Lipinski definition) is 3.